The Morgan fingerprint density at radius 3 is 2.72 bits per heavy atom. The first kappa shape index (κ1) is 13.1. The van der Waals surface area contributed by atoms with E-state index in [1.54, 1.807) is 12.1 Å². The highest BCUT2D eigenvalue weighted by Gasteiger charge is 2.32. The first-order chi connectivity index (χ1) is 8.59. The summed E-state index contributed by atoms with van der Waals surface area (Å²) in [5.41, 5.74) is 1.57. The summed E-state index contributed by atoms with van der Waals surface area (Å²) in [6.45, 7) is 1.91. The van der Waals surface area contributed by atoms with E-state index in [1.165, 1.54) is 6.07 Å². The predicted octanol–water partition coefficient (Wildman–Crippen LogP) is 3.88. The van der Waals surface area contributed by atoms with Gasteiger partial charge in [0.05, 0.1) is 5.92 Å². The largest absolute Gasteiger partial charge is 0.481 e. The molecular formula is C15H19FO2. The summed E-state index contributed by atoms with van der Waals surface area (Å²) < 4.78 is 13.9. The molecule has 2 nitrogen and oxygen atoms in total. The molecule has 1 aromatic rings. The van der Waals surface area contributed by atoms with Gasteiger partial charge in [0.25, 0.3) is 0 Å². The predicted molar refractivity (Wildman–Crippen MR) is 68.1 cm³/mol. The van der Waals surface area contributed by atoms with E-state index in [2.05, 4.69) is 0 Å². The van der Waals surface area contributed by atoms with Gasteiger partial charge in [-0.25, -0.2) is 4.39 Å². The molecule has 0 spiro atoms. The van der Waals surface area contributed by atoms with E-state index >= 15 is 0 Å². The summed E-state index contributed by atoms with van der Waals surface area (Å²) in [6.07, 6.45) is 4.40. The summed E-state index contributed by atoms with van der Waals surface area (Å²) in [4.78, 5) is 11.4. The van der Waals surface area contributed by atoms with Crippen LogP contribution in [0.25, 0.3) is 0 Å². The van der Waals surface area contributed by atoms with Crippen LogP contribution in [0, 0.1) is 18.7 Å². The van der Waals surface area contributed by atoms with Crippen molar-refractivity contribution in [2.24, 2.45) is 5.92 Å². The third kappa shape index (κ3) is 2.71. The molecule has 1 aromatic carbocycles. The van der Waals surface area contributed by atoms with Gasteiger partial charge in [-0.05, 0) is 31.4 Å². The Hall–Kier alpha value is -1.38. The SMILES string of the molecule is Cc1ccc(F)c(C2CCCCCC2C(=O)O)c1. The molecular weight excluding hydrogens is 231 g/mol. The van der Waals surface area contributed by atoms with Crippen molar-refractivity contribution in [3.63, 3.8) is 0 Å². The zero-order valence-corrected chi connectivity index (χ0v) is 10.7. The fourth-order valence-corrected chi connectivity index (χ4v) is 2.92. The fourth-order valence-electron chi connectivity index (χ4n) is 2.92. The van der Waals surface area contributed by atoms with Crippen molar-refractivity contribution in [3.05, 3.63) is 35.1 Å². The monoisotopic (exact) mass is 250 g/mol. The minimum Gasteiger partial charge on any atom is -0.481 e. The molecule has 3 heteroatoms. The van der Waals surface area contributed by atoms with Crippen LogP contribution in [0.3, 0.4) is 0 Å². The number of halogens is 1. The smallest absolute Gasteiger partial charge is 0.307 e. The number of hydrogen-bond acceptors (Lipinski definition) is 1. The number of aliphatic carboxylic acids is 1. The second-order valence-corrected chi connectivity index (χ2v) is 5.21. The molecule has 0 heterocycles. The number of rotatable bonds is 2. The highest BCUT2D eigenvalue weighted by atomic mass is 19.1. The third-order valence-corrected chi connectivity index (χ3v) is 3.88. The highest BCUT2D eigenvalue weighted by Crippen LogP contribution is 2.38. The summed E-state index contributed by atoms with van der Waals surface area (Å²) in [5, 5.41) is 9.33. The van der Waals surface area contributed by atoms with Gasteiger partial charge in [0, 0.05) is 5.92 Å². The van der Waals surface area contributed by atoms with Gasteiger partial charge in [-0.1, -0.05) is 37.0 Å². The van der Waals surface area contributed by atoms with Crippen LogP contribution in [-0.2, 0) is 4.79 Å². The van der Waals surface area contributed by atoms with Crippen LogP contribution in [0.5, 0.6) is 0 Å². The quantitative estimate of drug-likeness (QED) is 0.809. The van der Waals surface area contributed by atoms with E-state index in [4.69, 9.17) is 0 Å². The van der Waals surface area contributed by atoms with Crippen LogP contribution in [0.4, 0.5) is 4.39 Å². The average molecular weight is 250 g/mol. The maximum absolute atomic E-state index is 13.9. The number of carbonyl (C=O) groups is 1. The molecule has 2 unspecified atom stereocenters. The molecule has 1 fully saturated rings. The van der Waals surface area contributed by atoms with E-state index in [0.29, 0.717) is 12.0 Å². The Balaban J connectivity index is 2.37. The van der Waals surface area contributed by atoms with Crippen molar-refractivity contribution in [1.82, 2.24) is 0 Å². The molecule has 0 radical (unpaired) electrons. The van der Waals surface area contributed by atoms with E-state index < -0.39 is 11.9 Å². The first-order valence-corrected chi connectivity index (χ1v) is 6.58. The normalized spacial score (nSPS) is 24.6. The standard InChI is InChI=1S/C15H19FO2/c1-10-7-8-14(16)13(9-10)11-5-3-2-4-6-12(11)15(17)18/h7-9,11-12H,2-6H2,1H3,(H,17,18). The van der Waals surface area contributed by atoms with Crippen molar-refractivity contribution >= 4 is 5.97 Å². The van der Waals surface area contributed by atoms with Crippen LogP contribution in [-0.4, -0.2) is 11.1 Å². The maximum Gasteiger partial charge on any atom is 0.307 e. The van der Waals surface area contributed by atoms with E-state index in [-0.39, 0.29) is 11.7 Å². The number of hydrogen-bond donors (Lipinski definition) is 1. The lowest BCUT2D eigenvalue weighted by Gasteiger charge is -2.22. The Bertz CT molecular complexity index is 442. The van der Waals surface area contributed by atoms with E-state index in [9.17, 15) is 14.3 Å². The van der Waals surface area contributed by atoms with Gasteiger partial charge in [-0.2, -0.15) is 0 Å². The van der Waals surface area contributed by atoms with Crippen LogP contribution in [0.15, 0.2) is 18.2 Å². The molecule has 18 heavy (non-hydrogen) atoms. The molecule has 98 valence electrons. The minimum atomic E-state index is -0.789. The number of carboxylic acid groups (broad SMARTS) is 1. The zero-order chi connectivity index (χ0) is 13.1. The third-order valence-electron chi connectivity index (χ3n) is 3.88. The molecule has 1 aliphatic rings. The van der Waals surface area contributed by atoms with Crippen molar-refractivity contribution in [2.75, 3.05) is 0 Å². The molecule has 2 atom stereocenters. The molecule has 0 saturated heterocycles. The first-order valence-electron chi connectivity index (χ1n) is 6.58. The van der Waals surface area contributed by atoms with Crippen molar-refractivity contribution in [2.45, 2.75) is 44.9 Å². The summed E-state index contributed by atoms with van der Waals surface area (Å²) in [5.74, 6) is -1.67. The van der Waals surface area contributed by atoms with Gasteiger partial charge in [0.1, 0.15) is 5.82 Å². The van der Waals surface area contributed by atoms with Gasteiger partial charge < -0.3 is 5.11 Å². The van der Waals surface area contributed by atoms with Crippen molar-refractivity contribution in [3.8, 4) is 0 Å². The Morgan fingerprint density at radius 1 is 1.28 bits per heavy atom. The van der Waals surface area contributed by atoms with Crippen LogP contribution in [0.1, 0.15) is 49.1 Å². The second kappa shape index (κ2) is 5.51. The van der Waals surface area contributed by atoms with Crippen molar-refractivity contribution < 1.29 is 14.3 Å². The Kier molecular flexibility index (Phi) is 4.00. The number of benzene rings is 1. The molecule has 0 aromatic heterocycles. The average Bonchev–Trinajstić information content (AvgIpc) is 2.57. The fraction of sp³-hybridized carbons (Fsp3) is 0.533. The summed E-state index contributed by atoms with van der Waals surface area (Å²) in [6, 6.07) is 4.99. The zero-order valence-electron chi connectivity index (χ0n) is 10.7. The molecule has 1 aliphatic carbocycles. The lowest BCUT2D eigenvalue weighted by atomic mass is 9.82. The molecule has 0 bridgehead atoms. The molecule has 1 N–H and O–H groups in total. The van der Waals surface area contributed by atoms with Gasteiger partial charge in [-0.15, -0.1) is 0 Å². The summed E-state index contributed by atoms with van der Waals surface area (Å²) >= 11 is 0. The van der Waals surface area contributed by atoms with Gasteiger partial charge in [-0.3, -0.25) is 4.79 Å². The Morgan fingerprint density at radius 2 is 2.00 bits per heavy atom. The molecule has 1 saturated carbocycles. The summed E-state index contributed by atoms with van der Waals surface area (Å²) in [7, 11) is 0. The molecule has 0 amide bonds. The van der Waals surface area contributed by atoms with E-state index in [0.717, 1.165) is 31.2 Å². The lowest BCUT2D eigenvalue weighted by Crippen LogP contribution is -2.22. The van der Waals surface area contributed by atoms with Gasteiger partial charge >= 0.3 is 5.97 Å². The van der Waals surface area contributed by atoms with Gasteiger partial charge in [0.2, 0.25) is 0 Å². The van der Waals surface area contributed by atoms with Crippen LogP contribution in [0.2, 0.25) is 0 Å². The molecule has 2 rings (SSSR count). The maximum atomic E-state index is 13.9. The topological polar surface area (TPSA) is 37.3 Å². The van der Waals surface area contributed by atoms with Crippen LogP contribution < -0.4 is 0 Å². The number of carboxylic acids is 1. The van der Waals surface area contributed by atoms with E-state index in [1.807, 2.05) is 6.92 Å². The highest BCUT2D eigenvalue weighted by molar-refractivity contribution is 5.71. The molecule has 0 aliphatic heterocycles. The van der Waals surface area contributed by atoms with Gasteiger partial charge in [0.15, 0.2) is 0 Å². The minimum absolute atomic E-state index is 0.176. The lowest BCUT2D eigenvalue weighted by molar-refractivity contribution is -0.142. The second-order valence-electron chi connectivity index (χ2n) is 5.21. The van der Waals surface area contributed by atoms with Crippen molar-refractivity contribution in [1.29, 1.82) is 0 Å². The van der Waals surface area contributed by atoms with Crippen LogP contribution >= 0.6 is 0 Å². The number of aryl methyl sites for hydroxylation is 1. The Labute approximate surface area is 107 Å².